The number of amides is 1. The maximum absolute atomic E-state index is 12.7. The van der Waals surface area contributed by atoms with Gasteiger partial charge in [0, 0.05) is 37.7 Å². The third-order valence-corrected chi connectivity index (χ3v) is 4.59. The van der Waals surface area contributed by atoms with E-state index in [1.54, 1.807) is 12.4 Å². The van der Waals surface area contributed by atoms with Gasteiger partial charge in [0.25, 0.3) is 5.91 Å². The lowest BCUT2D eigenvalue weighted by atomic mass is 9.85. The zero-order valence-electron chi connectivity index (χ0n) is 11.4. The van der Waals surface area contributed by atoms with Gasteiger partial charge in [0.15, 0.2) is 0 Å². The summed E-state index contributed by atoms with van der Waals surface area (Å²) >= 11 is 0. The molecule has 1 aromatic rings. The van der Waals surface area contributed by atoms with Crippen molar-refractivity contribution in [2.45, 2.75) is 38.1 Å². The van der Waals surface area contributed by atoms with Crippen molar-refractivity contribution in [3.8, 4) is 0 Å². The normalized spacial score (nSPS) is 26.1. The number of hydrogen-bond donors (Lipinski definition) is 1. The first kappa shape index (κ1) is 12.5. The third-order valence-electron chi connectivity index (χ3n) is 4.59. The van der Waals surface area contributed by atoms with Crippen molar-refractivity contribution in [2.75, 3.05) is 18.9 Å². The number of fused-ring (bicyclic) bond motifs is 1. The molecule has 4 nitrogen and oxygen atoms in total. The Morgan fingerprint density at radius 3 is 3.05 bits per heavy atom. The lowest BCUT2D eigenvalue weighted by molar-refractivity contribution is 0.0690. The molecule has 102 valence electrons. The number of carbonyl (C=O) groups excluding carboxylic acids is 1. The van der Waals surface area contributed by atoms with E-state index in [0.717, 1.165) is 18.2 Å². The van der Waals surface area contributed by atoms with Crippen LogP contribution in [-0.2, 0) is 0 Å². The van der Waals surface area contributed by atoms with Crippen LogP contribution in [0.2, 0.25) is 0 Å². The summed E-state index contributed by atoms with van der Waals surface area (Å²) in [6, 6.07) is 2.33. The molecule has 1 aliphatic heterocycles. The van der Waals surface area contributed by atoms with E-state index < -0.39 is 0 Å². The number of pyridine rings is 1. The highest BCUT2D eigenvalue weighted by molar-refractivity contribution is 5.99. The molecule has 4 heteroatoms. The number of rotatable bonds is 2. The van der Waals surface area contributed by atoms with Gasteiger partial charge in [0.2, 0.25) is 0 Å². The molecule has 1 saturated carbocycles. The highest BCUT2D eigenvalue weighted by atomic mass is 16.2. The van der Waals surface area contributed by atoms with Crippen molar-refractivity contribution in [2.24, 2.45) is 5.92 Å². The van der Waals surface area contributed by atoms with Crippen LogP contribution in [0.3, 0.4) is 0 Å². The van der Waals surface area contributed by atoms with Crippen molar-refractivity contribution in [1.29, 1.82) is 0 Å². The van der Waals surface area contributed by atoms with E-state index in [-0.39, 0.29) is 5.91 Å². The summed E-state index contributed by atoms with van der Waals surface area (Å²) in [7, 11) is 1.85. The minimum Gasteiger partial charge on any atom is -0.387 e. The number of aromatic nitrogens is 1. The Labute approximate surface area is 114 Å². The third kappa shape index (κ3) is 2.20. The second-order valence-corrected chi connectivity index (χ2v) is 5.57. The standard InChI is InChI=1S/C15H21N3O/c1-16-13-6-8-17-10-12(13)15(19)18-9-7-11-4-2-3-5-14(11)18/h6,8,10-11,14H,2-5,7,9H2,1H3,(H,16,17). The van der Waals surface area contributed by atoms with E-state index >= 15 is 0 Å². The van der Waals surface area contributed by atoms with Crippen molar-refractivity contribution in [3.63, 3.8) is 0 Å². The molecule has 1 aromatic heterocycles. The van der Waals surface area contributed by atoms with Gasteiger partial charge in [0.1, 0.15) is 0 Å². The zero-order valence-corrected chi connectivity index (χ0v) is 11.4. The van der Waals surface area contributed by atoms with Gasteiger partial charge in [-0.25, -0.2) is 0 Å². The van der Waals surface area contributed by atoms with Crippen LogP contribution in [0.25, 0.3) is 0 Å². The Hall–Kier alpha value is -1.58. The molecule has 2 aliphatic rings. The predicted molar refractivity (Wildman–Crippen MR) is 75.2 cm³/mol. The van der Waals surface area contributed by atoms with E-state index in [2.05, 4.69) is 15.2 Å². The Balaban J connectivity index is 1.84. The predicted octanol–water partition coefficient (Wildman–Crippen LogP) is 2.53. The van der Waals surface area contributed by atoms with Crippen molar-refractivity contribution in [1.82, 2.24) is 9.88 Å². The first-order chi connectivity index (χ1) is 9.31. The molecule has 2 heterocycles. The zero-order chi connectivity index (χ0) is 13.2. The molecule has 0 radical (unpaired) electrons. The number of carbonyl (C=O) groups is 1. The monoisotopic (exact) mass is 259 g/mol. The molecule has 1 amide bonds. The molecule has 0 bridgehead atoms. The Bertz CT molecular complexity index is 474. The van der Waals surface area contributed by atoms with E-state index in [9.17, 15) is 4.79 Å². The minimum atomic E-state index is 0.145. The minimum absolute atomic E-state index is 0.145. The second kappa shape index (κ2) is 5.19. The van der Waals surface area contributed by atoms with Crippen LogP contribution in [0.1, 0.15) is 42.5 Å². The van der Waals surface area contributed by atoms with Crippen LogP contribution in [0.4, 0.5) is 5.69 Å². The first-order valence-corrected chi connectivity index (χ1v) is 7.24. The van der Waals surface area contributed by atoms with Gasteiger partial charge >= 0.3 is 0 Å². The molecule has 2 unspecified atom stereocenters. The summed E-state index contributed by atoms with van der Waals surface area (Å²) in [4.78, 5) is 18.9. The Morgan fingerprint density at radius 2 is 2.21 bits per heavy atom. The first-order valence-electron chi connectivity index (χ1n) is 7.24. The number of nitrogens with one attached hydrogen (secondary N) is 1. The molecule has 3 rings (SSSR count). The second-order valence-electron chi connectivity index (χ2n) is 5.57. The fourth-order valence-electron chi connectivity index (χ4n) is 3.60. The van der Waals surface area contributed by atoms with Crippen LogP contribution in [0.5, 0.6) is 0 Å². The molecule has 19 heavy (non-hydrogen) atoms. The molecule has 2 fully saturated rings. The largest absolute Gasteiger partial charge is 0.387 e. The lowest BCUT2D eigenvalue weighted by Crippen LogP contribution is -2.39. The smallest absolute Gasteiger partial charge is 0.257 e. The molecule has 1 aliphatic carbocycles. The van der Waals surface area contributed by atoms with Gasteiger partial charge < -0.3 is 10.2 Å². The summed E-state index contributed by atoms with van der Waals surface area (Å²) < 4.78 is 0. The lowest BCUT2D eigenvalue weighted by Gasteiger charge is -2.32. The van der Waals surface area contributed by atoms with Gasteiger partial charge in [-0.15, -0.1) is 0 Å². The number of likely N-dealkylation sites (tertiary alicyclic amines) is 1. The van der Waals surface area contributed by atoms with E-state index in [4.69, 9.17) is 0 Å². The summed E-state index contributed by atoms with van der Waals surface area (Å²) in [6.07, 6.45) is 9.63. The summed E-state index contributed by atoms with van der Waals surface area (Å²) in [5.74, 6) is 0.874. The molecule has 1 saturated heterocycles. The number of anilines is 1. The maximum atomic E-state index is 12.7. The van der Waals surface area contributed by atoms with Gasteiger partial charge in [-0.3, -0.25) is 9.78 Å². The van der Waals surface area contributed by atoms with Crippen LogP contribution >= 0.6 is 0 Å². The summed E-state index contributed by atoms with van der Waals surface area (Å²) in [6.45, 7) is 0.909. The molecule has 0 aromatic carbocycles. The van der Waals surface area contributed by atoms with Crippen LogP contribution in [0, 0.1) is 5.92 Å². The van der Waals surface area contributed by atoms with Crippen LogP contribution < -0.4 is 5.32 Å². The topological polar surface area (TPSA) is 45.2 Å². The van der Waals surface area contributed by atoms with Gasteiger partial charge in [-0.2, -0.15) is 0 Å². The Kier molecular flexibility index (Phi) is 3.40. The van der Waals surface area contributed by atoms with Crippen molar-refractivity contribution < 1.29 is 4.79 Å². The molecule has 0 spiro atoms. The van der Waals surface area contributed by atoms with Crippen LogP contribution in [0.15, 0.2) is 18.5 Å². The fourth-order valence-corrected chi connectivity index (χ4v) is 3.60. The van der Waals surface area contributed by atoms with Gasteiger partial charge in [-0.05, 0) is 31.2 Å². The van der Waals surface area contributed by atoms with Crippen LogP contribution in [-0.4, -0.2) is 35.4 Å². The molecule has 1 N–H and O–H groups in total. The molecule has 2 atom stereocenters. The quantitative estimate of drug-likeness (QED) is 0.887. The highest BCUT2D eigenvalue weighted by Gasteiger charge is 2.38. The molecular formula is C15H21N3O. The summed E-state index contributed by atoms with van der Waals surface area (Å²) in [5, 5.41) is 3.08. The van der Waals surface area contributed by atoms with Crippen molar-refractivity contribution >= 4 is 11.6 Å². The molecular weight excluding hydrogens is 238 g/mol. The Morgan fingerprint density at radius 1 is 1.37 bits per heavy atom. The SMILES string of the molecule is CNc1ccncc1C(=O)N1CCC2CCCCC21. The fraction of sp³-hybridized carbons (Fsp3) is 0.600. The van der Waals surface area contributed by atoms with E-state index in [1.165, 1.54) is 32.1 Å². The van der Waals surface area contributed by atoms with Gasteiger partial charge in [0.05, 0.1) is 5.56 Å². The average Bonchev–Trinajstić information content (AvgIpc) is 2.90. The van der Waals surface area contributed by atoms with E-state index in [0.29, 0.717) is 11.6 Å². The van der Waals surface area contributed by atoms with Gasteiger partial charge in [-0.1, -0.05) is 12.8 Å². The number of hydrogen-bond acceptors (Lipinski definition) is 3. The highest BCUT2D eigenvalue weighted by Crippen LogP contribution is 2.37. The number of nitrogens with zero attached hydrogens (tertiary/aromatic N) is 2. The summed E-state index contributed by atoms with van der Waals surface area (Å²) in [5.41, 5.74) is 1.58. The van der Waals surface area contributed by atoms with Crippen molar-refractivity contribution in [3.05, 3.63) is 24.0 Å². The average molecular weight is 259 g/mol. The maximum Gasteiger partial charge on any atom is 0.257 e. The van der Waals surface area contributed by atoms with E-state index in [1.807, 2.05) is 13.1 Å².